The summed E-state index contributed by atoms with van der Waals surface area (Å²) in [6.45, 7) is 6.33. The Morgan fingerprint density at radius 3 is 2.89 bits per heavy atom. The number of halogens is 1. The number of carbonyl (C=O) groups is 1. The number of hydrogen-bond acceptors (Lipinski definition) is 4. The Labute approximate surface area is 188 Å². The highest BCUT2D eigenvalue weighted by Gasteiger charge is 2.27. The molecule has 6 nitrogen and oxygen atoms in total. The average molecular weight is 515 g/mol. The lowest BCUT2D eigenvalue weighted by atomic mass is 10.2. The zero-order valence-corrected chi connectivity index (χ0v) is 19.9. The molecule has 1 saturated heterocycles. The monoisotopic (exact) mass is 515 g/mol. The van der Waals surface area contributed by atoms with Gasteiger partial charge < -0.3 is 15.5 Å². The van der Waals surface area contributed by atoms with Gasteiger partial charge in [-0.2, -0.15) is 0 Å². The molecule has 0 radical (unpaired) electrons. The van der Waals surface area contributed by atoms with Crippen molar-refractivity contribution in [2.45, 2.75) is 39.2 Å². The Bertz CT molecular complexity index is 774. The first kappa shape index (κ1) is 22.9. The summed E-state index contributed by atoms with van der Waals surface area (Å²) in [7, 11) is 1.79. The second-order valence-corrected chi connectivity index (χ2v) is 8.36. The molecule has 1 aliphatic heterocycles. The Kier molecular flexibility index (Phi) is 8.94. The average Bonchev–Trinajstić information content (AvgIpc) is 3.29. The van der Waals surface area contributed by atoms with Crippen LogP contribution in [0.5, 0.6) is 0 Å². The Morgan fingerprint density at radius 2 is 2.18 bits per heavy atom. The van der Waals surface area contributed by atoms with Crippen molar-refractivity contribution < 1.29 is 4.79 Å². The number of likely N-dealkylation sites (tertiary alicyclic amines) is 1. The fourth-order valence-electron chi connectivity index (χ4n) is 3.30. The molecule has 1 aliphatic rings. The molecular formula is C20H30IN5OS. The van der Waals surface area contributed by atoms with Gasteiger partial charge in [0.15, 0.2) is 5.96 Å². The van der Waals surface area contributed by atoms with Gasteiger partial charge in [0.1, 0.15) is 0 Å². The van der Waals surface area contributed by atoms with Crippen LogP contribution in [-0.4, -0.2) is 54.5 Å². The number of para-hydroxylation sites is 1. The molecule has 2 N–H and O–H groups in total. The van der Waals surface area contributed by atoms with Crippen molar-refractivity contribution in [2.75, 3.05) is 26.7 Å². The third-order valence-electron chi connectivity index (χ3n) is 4.76. The number of guanidine groups is 1. The van der Waals surface area contributed by atoms with Gasteiger partial charge in [-0.15, -0.1) is 35.3 Å². The maximum atomic E-state index is 12.1. The molecule has 3 rings (SSSR count). The number of aryl methyl sites for hydroxylation is 1. The van der Waals surface area contributed by atoms with Gasteiger partial charge in [-0.3, -0.25) is 9.79 Å². The highest BCUT2D eigenvalue weighted by atomic mass is 127. The minimum absolute atomic E-state index is 0. The van der Waals surface area contributed by atoms with E-state index in [1.807, 2.05) is 24.8 Å². The fourth-order valence-corrected chi connectivity index (χ4v) is 4.31. The lowest BCUT2D eigenvalue weighted by molar-refractivity contribution is -0.133. The predicted octanol–water partition coefficient (Wildman–Crippen LogP) is 3.27. The van der Waals surface area contributed by atoms with Crippen LogP contribution in [0, 0.1) is 5.92 Å². The summed E-state index contributed by atoms with van der Waals surface area (Å²) < 4.78 is 1.25. The summed E-state index contributed by atoms with van der Waals surface area (Å²) >= 11 is 1.77. The van der Waals surface area contributed by atoms with Crippen LogP contribution in [0.4, 0.5) is 0 Å². The van der Waals surface area contributed by atoms with E-state index in [0.717, 1.165) is 50.4 Å². The number of hydrogen-bond donors (Lipinski definition) is 2. The van der Waals surface area contributed by atoms with E-state index in [4.69, 9.17) is 0 Å². The van der Waals surface area contributed by atoms with Gasteiger partial charge in [-0.05, 0) is 25.0 Å². The van der Waals surface area contributed by atoms with Gasteiger partial charge >= 0.3 is 0 Å². The number of aromatic nitrogens is 1. The summed E-state index contributed by atoms with van der Waals surface area (Å²) in [6.07, 6.45) is 2.93. The highest BCUT2D eigenvalue weighted by Crippen LogP contribution is 2.22. The number of amides is 1. The van der Waals surface area contributed by atoms with Gasteiger partial charge in [-0.1, -0.05) is 26.0 Å². The SMILES string of the molecule is CN=C(NCCCc1nc2ccccc2s1)NC1CCN(C(=O)C(C)C)C1.I. The second-order valence-electron chi connectivity index (χ2n) is 7.25. The van der Waals surface area contributed by atoms with E-state index in [0.29, 0.717) is 0 Å². The number of aliphatic imine (C=N–C) groups is 1. The Balaban J connectivity index is 0.00000280. The summed E-state index contributed by atoms with van der Waals surface area (Å²) in [4.78, 5) is 23.0. The normalized spacial score (nSPS) is 17.1. The van der Waals surface area contributed by atoms with E-state index in [2.05, 4.69) is 38.8 Å². The standard InChI is InChI=1S/C20H29N5OS.HI/c1-14(2)19(26)25-12-10-15(13-25)23-20(21-3)22-11-6-9-18-24-16-7-4-5-8-17(16)27-18;/h4-5,7-8,14-15H,6,9-13H2,1-3H3,(H2,21,22,23);1H. The minimum atomic E-state index is 0. The molecule has 1 unspecified atom stereocenters. The van der Waals surface area contributed by atoms with Gasteiger partial charge in [0.05, 0.1) is 15.2 Å². The molecule has 2 heterocycles. The smallest absolute Gasteiger partial charge is 0.225 e. The van der Waals surface area contributed by atoms with Crippen molar-refractivity contribution in [2.24, 2.45) is 10.9 Å². The predicted molar refractivity (Wildman–Crippen MR) is 128 cm³/mol. The molecule has 0 aliphatic carbocycles. The molecule has 154 valence electrons. The highest BCUT2D eigenvalue weighted by molar-refractivity contribution is 14.0. The lowest BCUT2D eigenvalue weighted by Gasteiger charge is -2.20. The maximum absolute atomic E-state index is 12.1. The van der Waals surface area contributed by atoms with Gasteiger partial charge in [-0.25, -0.2) is 4.98 Å². The molecule has 0 bridgehead atoms. The molecule has 1 amide bonds. The van der Waals surface area contributed by atoms with Crippen LogP contribution in [0.3, 0.4) is 0 Å². The lowest BCUT2D eigenvalue weighted by Crippen LogP contribution is -2.45. The van der Waals surface area contributed by atoms with Crippen LogP contribution in [0.25, 0.3) is 10.2 Å². The van der Waals surface area contributed by atoms with E-state index in [1.165, 1.54) is 9.71 Å². The van der Waals surface area contributed by atoms with E-state index >= 15 is 0 Å². The zero-order chi connectivity index (χ0) is 19.2. The molecular weight excluding hydrogens is 485 g/mol. The first-order valence-electron chi connectivity index (χ1n) is 9.67. The van der Waals surface area contributed by atoms with Crippen LogP contribution < -0.4 is 10.6 Å². The third-order valence-corrected chi connectivity index (χ3v) is 5.85. The van der Waals surface area contributed by atoms with E-state index in [-0.39, 0.29) is 41.8 Å². The van der Waals surface area contributed by atoms with Crippen LogP contribution in [0.1, 0.15) is 31.7 Å². The van der Waals surface area contributed by atoms with E-state index < -0.39 is 0 Å². The number of rotatable bonds is 6. The maximum Gasteiger partial charge on any atom is 0.225 e. The van der Waals surface area contributed by atoms with Crippen LogP contribution >= 0.6 is 35.3 Å². The first-order valence-corrected chi connectivity index (χ1v) is 10.5. The molecule has 8 heteroatoms. The molecule has 1 aromatic carbocycles. The zero-order valence-electron chi connectivity index (χ0n) is 16.8. The van der Waals surface area contributed by atoms with Crippen molar-refractivity contribution in [1.82, 2.24) is 20.5 Å². The van der Waals surface area contributed by atoms with Crippen molar-refractivity contribution in [3.8, 4) is 0 Å². The fraction of sp³-hybridized carbons (Fsp3) is 0.550. The number of benzene rings is 1. The largest absolute Gasteiger partial charge is 0.356 e. The molecule has 1 fully saturated rings. The van der Waals surface area contributed by atoms with E-state index in [1.54, 1.807) is 18.4 Å². The molecule has 28 heavy (non-hydrogen) atoms. The summed E-state index contributed by atoms with van der Waals surface area (Å²) in [6, 6.07) is 8.54. The molecule has 1 aromatic heterocycles. The number of carbonyl (C=O) groups excluding carboxylic acids is 1. The molecule has 1 atom stereocenters. The Hall–Kier alpha value is -1.42. The number of nitrogens with zero attached hydrogens (tertiary/aromatic N) is 3. The van der Waals surface area contributed by atoms with Crippen molar-refractivity contribution in [3.05, 3.63) is 29.3 Å². The summed E-state index contributed by atoms with van der Waals surface area (Å²) in [5.41, 5.74) is 1.09. The number of nitrogens with one attached hydrogen (secondary N) is 2. The van der Waals surface area contributed by atoms with Crippen LogP contribution in [0.15, 0.2) is 29.3 Å². The first-order chi connectivity index (χ1) is 13.1. The third kappa shape index (κ3) is 6.04. The van der Waals surface area contributed by atoms with Crippen molar-refractivity contribution in [1.29, 1.82) is 0 Å². The quantitative estimate of drug-likeness (QED) is 0.268. The molecule has 0 saturated carbocycles. The van der Waals surface area contributed by atoms with Crippen molar-refractivity contribution >= 4 is 57.4 Å². The van der Waals surface area contributed by atoms with Crippen LogP contribution in [0.2, 0.25) is 0 Å². The van der Waals surface area contributed by atoms with Gasteiger partial charge in [0.2, 0.25) is 5.91 Å². The topological polar surface area (TPSA) is 69.6 Å². The van der Waals surface area contributed by atoms with E-state index in [9.17, 15) is 4.79 Å². The summed E-state index contributed by atoms with van der Waals surface area (Å²) in [5, 5.41) is 8.00. The van der Waals surface area contributed by atoms with Gasteiger partial charge in [0.25, 0.3) is 0 Å². The molecule has 2 aromatic rings. The second kappa shape index (κ2) is 10.9. The van der Waals surface area contributed by atoms with Crippen LogP contribution in [-0.2, 0) is 11.2 Å². The van der Waals surface area contributed by atoms with Crippen molar-refractivity contribution in [3.63, 3.8) is 0 Å². The number of fused-ring (bicyclic) bond motifs is 1. The summed E-state index contributed by atoms with van der Waals surface area (Å²) in [5.74, 6) is 1.10. The minimum Gasteiger partial charge on any atom is -0.356 e. The Morgan fingerprint density at radius 1 is 1.39 bits per heavy atom. The molecule has 0 spiro atoms. The van der Waals surface area contributed by atoms with Gasteiger partial charge in [0, 0.05) is 45.1 Å². The number of thiazole rings is 1.